The third-order valence-corrected chi connectivity index (χ3v) is 2.05. The van der Waals surface area contributed by atoms with Gasteiger partial charge < -0.3 is 9.84 Å². The SMILES string of the molecule is [c]1noc(CCNCc2ccccc2)n1. The number of hydrogen-bond donors (Lipinski definition) is 1. The van der Waals surface area contributed by atoms with Crippen LogP contribution in [0.2, 0.25) is 0 Å². The van der Waals surface area contributed by atoms with Crippen LogP contribution in [-0.4, -0.2) is 16.7 Å². The lowest BCUT2D eigenvalue weighted by Crippen LogP contribution is -2.16. The second-order valence-corrected chi connectivity index (χ2v) is 3.20. The highest BCUT2D eigenvalue weighted by Gasteiger charge is 1.98. The topological polar surface area (TPSA) is 51.0 Å². The average Bonchev–Trinajstić information content (AvgIpc) is 2.79. The van der Waals surface area contributed by atoms with Crippen molar-refractivity contribution in [3.05, 3.63) is 48.1 Å². The van der Waals surface area contributed by atoms with Crippen LogP contribution in [-0.2, 0) is 13.0 Å². The molecule has 0 saturated carbocycles. The van der Waals surface area contributed by atoms with Gasteiger partial charge in [-0.15, -0.1) is 0 Å². The zero-order chi connectivity index (χ0) is 10.3. The molecule has 0 bridgehead atoms. The largest absolute Gasteiger partial charge is 0.339 e. The van der Waals surface area contributed by atoms with E-state index in [1.54, 1.807) is 0 Å². The Morgan fingerprint density at radius 2 is 2.13 bits per heavy atom. The fourth-order valence-corrected chi connectivity index (χ4v) is 1.30. The summed E-state index contributed by atoms with van der Waals surface area (Å²) >= 11 is 0. The maximum absolute atomic E-state index is 4.83. The Bertz CT molecular complexity index is 372. The quantitative estimate of drug-likeness (QED) is 0.740. The average molecular weight is 202 g/mol. The standard InChI is InChI=1S/C11H12N3O/c1-2-4-10(5-3-1)8-12-7-6-11-13-9-14-15-11/h1-5,12H,6-8H2. The molecule has 0 fully saturated rings. The zero-order valence-corrected chi connectivity index (χ0v) is 8.31. The molecule has 0 spiro atoms. The molecule has 0 amide bonds. The smallest absolute Gasteiger partial charge is 0.243 e. The zero-order valence-electron chi connectivity index (χ0n) is 8.31. The second kappa shape index (κ2) is 5.26. The van der Waals surface area contributed by atoms with Crippen molar-refractivity contribution in [2.45, 2.75) is 13.0 Å². The molecular weight excluding hydrogens is 190 g/mol. The summed E-state index contributed by atoms with van der Waals surface area (Å²) in [6, 6.07) is 10.3. The van der Waals surface area contributed by atoms with Gasteiger partial charge in [-0.3, -0.25) is 0 Å². The van der Waals surface area contributed by atoms with Crippen LogP contribution in [0, 0.1) is 6.33 Å². The molecule has 1 heterocycles. The first-order valence-corrected chi connectivity index (χ1v) is 4.88. The summed E-state index contributed by atoms with van der Waals surface area (Å²) in [6.45, 7) is 1.68. The number of nitrogens with one attached hydrogen (secondary N) is 1. The molecule has 4 nitrogen and oxygen atoms in total. The molecule has 1 radical (unpaired) electrons. The van der Waals surface area contributed by atoms with Crippen LogP contribution in [0.1, 0.15) is 11.5 Å². The summed E-state index contributed by atoms with van der Waals surface area (Å²) in [7, 11) is 0. The monoisotopic (exact) mass is 202 g/mol. The van der Waals surface area contributed by atoms with Gasteiger partial charge in [0.2, 0.25) is 12.2 Å². The summed E-state index contributed by atoms with van der Waals surface area (Å²) in [5.74, 6) is 0.621. The summed E-state index contributed by atoms with van der Waals surface area (Å²) in [4.78, 5) is 3.82. The molecule has 0 unspecified atom stereocenters. The van der Waals surface area contributed by atoms with Crippen LogP contribution in [0.5, 0.6) is 0 Å². The van der Waals surface area contributed by atoms with Crippen LogP contribution in [0.15, 0.2) is 34.9 Å². The van der Waals surface area contributed by atoms with E-state index in [1.165, 1.54) is 5.56 Å². The minimum Gasteiger partial charge on any atom is -0.339 e. The van der Waals surface area contributed by atoms with Crippen molar-refractivity contribution >= 4 is 0 Å². The van der Waals surface area contributed by atoms with E-state index in [-0.39, 0.29) is 0 Å². The van der Waals surface area contributed by atoms with Crippen molar-refractivity contribution in [2.75, 3.05) is 6.54 Å². The third kappa shape index (κ3) is 3.18. The maximum atomic E-state index is 4.83. The Labute approximate surface area is 88.3 Å². The first kappa shape index (κ1) is 9.86. The molecule has 2 aromatic rings. The second-order valence-electron chi connectivity index (χ2n) is 3.20. The minimum absolute atomic E-state index is 0.621. The Kier molecular flexibility index (Phi) is 3.46. The van der Waals surface area contributed by atoms with Gasteiger partial charge in [-0.25, -0.2) is 0 Å². The van der Waals surface area contributed by atoms with E-state index in [0.717, 1.165) is 19.5 Å². The fraction of sp³-hybridized carbons (Fsp3) is 0.273. The molecule has 15 heavy (non-hydrogen) atoms. The molecule has 0 atom stereocenters. The molecule has 1 aromatic carbocycles. The lowest BCUT2D eigenvalue weighted by molar-refractivity contribution is 0.374. The van der Waals surface area contributed by atoms with Gasteiger partial charge in [0.25, 0.3) is 0 Å². The van der Waals surface area contributed by atoms with Gasteiger partial charge in [-0.05, 0) is 5.56 Å². The molecule has 0 aliphatic carbocycles. The van der Waals surface area contributed by atoms with E-state index in [0.29, 0.717) is 5.89 Å². The highest BCUT2D eigenvalue weighted by atomic mass is 16.5. The van der Waals surface area contributed by atoms with E-state index in [4.69, 9.17) is 4.52 Å². The van der Waals surface area contributed by atoms with Crippen molar-refractivity contribution < 1.29 is 4.52 Å². The van der Waals surface area contributed by atoms with Gasteiger partial charge in [-0.2, -0.15) is 4.98 Å². The molecule has 0 aliphatic rings. The summed E-state index contributed by atoms with van der Waals surface area (Å²) in [6.07, 6.45) is 3.13. The van der Waals surface area contributed by atoms with Crippen molar-refractivity contribution in [2.24, 2.45) is 0 Å². The first-order valence-electron chi connectivity index (χ1n) is 4.88. The number of aromatic nitrogens is 2. The van der Waals surface area contributed by atoms with Gasteiger partial charge >= 0.3 is 0 Å². The van der Waals surface area contributed by atoms with Crippen molar-refractivity contribution in [3.8, 4) is 0 Å². The predicted octanol–water partition coefficient (Wildman–Crippen LogP) is 1.20. The lowest BCUT2D eigenvalue weighted by Gasteiger charge is -2.02. The Hall–Kier alpha value is -1.68. The summed E-state index contributed by atoms with van der Waals surface area (Å²) in [5.41, 5.74) is 1.27. The highest BCUT2D eigenvalue weighted by Crippen LogP contribution is 1.97. The first-order chi connectivity index (χ1) is 7.45. The predicted molar refractivity (Wildman–Crippen MR) is 55.0 cm³/mol. The molecular formula is C11H12N3O. The number of rotatable bonds is 5. The molecule has 1 N–H and O–H groups in total. The summed E-state index contributed by atoms with van der Waals surface area (Å²) < 4.78 is 4.83. The van der Waals surface area contributed by atoms with Crippen molar-refractivity contribution in [1.29, 1.82) is 0 Å². The lowest BCUT2D eigenvalue weighted by atomic mass is 10.2. The van der Waals surface area contributed by atoms with E-state index < -0.39 is 0 Å². The van der Waals surface area contributed by atoms with Gasteiger partial charge in [0, 0.05) is 19.5 Å². The molecule has 77 valence electrons. The van der Waals surface area contributed by atoms with E-state index in [9.17, 15) is 0 Å². The van der Waals surface area contributed by atoms with Crippen LogP contribution < -0.4 is 5.32 Å². The number of hydrogen-bond acceptors (Lipinski definition) is 4. The van der Waals surface area contributed by atoms with Crippen LogP contribution >= 0.6 is 0 Å². The van der Waals surface area contributed by atoms with Crippen LogP contribution in [0.3, 0.4) is 0 Å². The Balaban J connectivity index is 1.68. The van der Waals surface area contributed by atoms with Crippen LogP contribution in [0.4, 0.5) is 0 Å². The van der Waals surface area contributed by atoms with E-state index in [1.807, 2.05) is 18.2 Å². The van der Waals surface area contributed by atoms with Crippen LogP contribution in [0.25, 0.3) is 0 Å². The van der Waals surface area contributed by atoms with Gasteiger partial charge in [0.1, 0.15) is 0 Å². The number of nitrogens with zero attached hydrogens (tertiary/aromatic N) is 2. The molecule has 4 heteroatoms. The minimum atomic E-state index is 0.621. The Morgan fingerprint density at radius 3 is 2.87 bits per heavy atom. The molecule has 2 rings (SSSR count). The fourth-order valence-electron chi connectivity index (χ4n) is 1.30. The summed E-state index contributed by atoms with van der Waals surface area (Å²) in [5, 5.41) is 6.72. The van der Waals surface area contributed by atoms with Crippen molar-refractivity contribution in [3.63, 3.8) is 0 Å². The van der Waals surface area contributed by atoms with E-state index in [2.05, 4.69) is 33.9 Å². The molecule has 1 aromatic heterocycles. The normalized spacial score (nSPS) is 10.4. The van der Waals surface area contributed by atoms with Crippen molar-refractivity contribution in [1.82, 2.24) is 15.5 Å². The van der Waals surface area contributed by atoms with Gasteiger partial charge in [0.05, 0.1) is 0 Å². The van der Waals surface area contributed by atoms with Gasteiger partial charge in [-0.1, -0.05) is 35.5 Å². The number of benzene rings is 1. The maximum Gasteiger partial charge on any atom is 0.243 e. The van der Waals surface area contributed by atoms with E-state index >= 15 is 0 Å². The molecule has 0 aliphatic heterocycles. The Morgan fingerprint density at radius 1 is 1.27 bits per heavy atom. The molecule has 0 saturated heterocycles. The third-order valence-electron chi connectivity index (χ3n) is 2.05. The highest BCUT2D eigenvalue weighted by molar-refractivity contribution is 5.14. The van der Waals surface area contributed by atoms with Gasteiger partial charge in [0.15, 0.2) is 0 Å².